The Bertz CT molecular complexity index is 924. The average Bonchev–Trinajstić information content (AvgIpc) is 2.74. The third kappa shape index (κ3) is 4.33. The predicted molar refractivity (Wildman–Crippen MR) is 101 cm³/mol. The van der Waals surface area contributed by atoms with Crippen molar-refractivity contribution in [1.29, 1.82) is 0 Å². The van der Waals surface area contributed by atoms with E-state index in [1.165, 1.54) is 14.2 Å². The van der Waals surface area contributed by atoms with Crippen molar-refractivity contribution in [2.45, 2.75) is 0 Å². The molecule has 0 spiro atoms. The molecule has 0 heterocycles. The molecule has 5 heteroatoms. The lowest BCUT2D eigenvalue weighted by molar-refractivity contribution is 0.0734. The van der Waals surface area contributed by atoms with Crippen LogP contribution in [0.4, 0.5) is 0 Å². The van der Waals surface area contributed by atoms with E-state index in [1.807, 2.05) is 18.2 Å². The molecular formula is C22H18O5. The van der Waals surface area contributed by atoms with Crippen molar-refractivity contribution in [1.82, 2.24) is 0 Å². The van der Waals surface area contributed by atoms with Crippen LogP contribution in [0.5, 0.6) is 17.2 Å². The normalized spacial score (nSPS) is 10.1. The van der Waals surface area contributed by atoms with Crippen LogP contribution in [0.1, 0.15) is 26.3 Å². The van der Waals surface area contributed by atoms with Gasteiger partial charge in [0.2, 0.25) is 0 Å². The third-order valence-electron chi connectivity index (χ3n) is 3.95. The molecule has 0 unspecified atom stereocenters. The van der Waals surface area contributed by atoms with Gasteiger partial charge in [-0.25, -0.2) is 4.79 Å². The van der Waals surface area contributed by atoms with Crippen LogP contribution in [-0.2, 0) is 0 Å². The van der Waals surface area contributed by atoms with E-state index in [4.69, 9.17) is 14.2 Å². The van der Waals surface area contributed by atoms with E-state index in [0.717, 1.165) is 0 Å². The number of methoxy groups -OCH3 is 2. The van der Waals surface area contributed by atoms with E-state index in [2.05, 4.69) is 0 Å². The van der Waals surface area contributed by atoms with Gasteiger partial charge in [0.25, 0.3) is 0 Å². The maximum atomic E-state index is 12.4. The lowest BCUT2D eigenvalue weighted by Crippen LogP contribution is -2.09. The number of rotatable bonds is 6. The van der Waals surface area contributed by atoms with Crippen LogP contribution >= 0.6 is 0 Å². The molecular weight excluding hydrogens is 344 g/mol. The van der Waals surface area contributed by atoms with Crippen LogP contribution in [0.2, 0.25) is 0 Å². The summed E-state index contributed by atoms with van der Waals surface area (Å²) >= 11 is 0. The van der Waals surface area contributed by atoms with Crippen molar-refractivity contribution in [3.63, 3.8) is 0 Å². The molecule has 3 aromatic rings. The Balaban J connectivity index is 1.75. The molecule has 0 saturated heterocycles. The van der Waals surface area contributed by atoms with Crippen LogP contribution in [-0.4, -0.2) is 26.0 Å². The largest absolute Gasteiger partial charge is 0.497 e. The zero-order valence-electron chi connectivity index (χ0n) is 15.0. The van der Waals surface area contributed by atoms with Gasteiger partial charge in [0.05, 0.1) is 19.8 Å². The lowest BCUT2D eigenvalue weighted by atomic mass is 10.0. The van der Waals surface area contributed by atoms with Crippen LogP contribution in [0.25, 0.3) is 0 Å². The van der Waals surface area contributed by atoms with E-state index in [-0.39, 0.29) is 5.78 Å². The molecule has 0 atom stereocenters. The van der Waals surface area contributed by atoms with E-state index in [1.54, 1.807) is 54.6 Å². The highest BCUT2D eigenvalue weighted by Crippen LogP contribution is 2.24. The first kappa shape index (κ1) is 18.2. The van der Waals surface area contributed by atoms with Gasteiger partial charge >= 0.3 is 5.97 Å². The number of ether oxygens (including phenoxy) is 3. The van der Waals surface area contributed by atoms with Crippen LogP contribution in [0.15, 0.2) is 72.8 Å². The summed E-state index contributed by atoms with van der Waals surface area (Å²) in [6, 6.07) is 20.2. The van der Waals surface area contributed by atoms with Gasteiger partial charge in [-0.1, -0.05) is 30.3 Å². The Morgan fingerprint density at radius 2 is 1.19 bits per heavy atom. The Hall–Kier alpha value is -3.60. The third-order valence-corrected chi connectivity index (χ3v) is 3.95. The average molecular weight is 362 g/mol. The zero-order chi connectivity index (χ0) is 19.2. The van der Waals surface area contributed by atoms with Gasteiger partial charge in [0.15, 0.2) is 5.78 Å². The zero-order valence-corrected chi connectivity index (χ0v) is 15.0. The summed E-state index contributed by atoms with van der Waals surface area (Å²) in [5, 5.41) is 0. The van der Waals surface area contributed by atoms with Crippen molar-refractivity contribution in [3.05, 3.63) is 89.5 Å². The van der Waals surface area contributed by atoms with Gasteiger partial charge in [0, 0.05) is 17.2 Å². The number of hydrogen-bond donors (Lipinski definition) is 0. The molecule has 0 radical (unpaired) electrons. The molecule has 0 N–H and O–H groups in total. The van der Waals surface area contributed by atoms with Gasteiger partial charge in [-0.2, -0.15) is 0 Å². The molecule has 0 saturated carbocycles. The van der Waals surface area contributed by atoms with Gasteiger partial charge in [-0.15, -0.1) is 0 Å². The first-order valence-electron chi connectivity index (χ1n) is 8.26. The molecule has 0 fully saturated rings. The molecule has 0 aliphatic heterocycles. The Morgan fingerprint density at radius 1 is 0.630 bits per heavy atom. The molecule has 3 aromatic carbocycles. The quantitative estimate of drug-likeness (QED) is 0.374. The van der Waals surface area contributed by atoms with Crippen molar-refractivity contribution in [2.24, 2.45) is 0 Å². The number of carbonyl (C=O) groups excluding carboxylic acids is 2. The minimum Gasteiger partial charge on any atom is -0.497 e. The summed E-state index contributed by atoms with van der Waals surface area (Å²) in [6.45, 7) is 0. The van der Waals surface area contributed by atoms with Crippen LogP contribution in [0.3, 0.4) is 0 Å². The summed E-state index contributed by atoms with van der Waals surface area (Å²) in [5.74, 6) is 0.682. The fourth-order valence-electron chi connectivity index (χ4n) is 2.52. The van der Waals surface area contributed by atoms with Gasteiger partial charge in [0.1, 0.15) is 17.2 Å². The summed E-state index contributed by atoms with van der Waals surface area (Å²) in [5.41, 5.74) is 1.42. The number of benzene rings is 3. The fourth-order valence-corrected chi connectivity index (χ4v) is 2.52. The number of carbonyl (C=O) groups is 2. The number of esters is 1. The van der Waals surface area contributed by atoms with E-state index in [9.17, 15) is 9.59 Å². The van der Waals surface area contributed by atoms with Crippen molar-refractivity contribution >= 4 is 11.8 Å². The standard InChI is InChI=1S/C22H18O5/c1-25-19-12-17(13-20(14-19)26-2)22(24)27-18-10-8-16(9-11-18)21(23)15-6-4-3-5-7-15/h3-14H,1-2H3. The second kappa shape index (κ2) is 8.19. The second-order valence-electron chi connectivity index (χ2n) is 5.71. The van der Waals surface area contributed by atoms with E-state index in [0.29, 0.717) is 33.9 Å². The summed E-state index contributed by atoms with van der Waals surface area (Å²) in [7, 11) is 3.01. The molecule has 27 heavy (non-hydrogen) atoms. The van der Waals surface area contributed by atoms with Crippen LogP contribution in [0, 0.1) is 0 Å². The minimum atomic E-state index is -0.547. The molecule has 0 aliphatic carbocycles. The lowest BCUT2D eigenvalue weighted by Gasteiger charge is -2.09. The van der Waals surface area contributed by atoms with Gasteiger partial charge in [-0.05, 0) is 36.4 Å². The first-order valence-corrected chi connectivity index (χ1v) is 8.26. The van der Waals surface area contributed by atoms with Gasteiger partial charge in [-0.3, -0.25) is 4.79 Å². The SMILES string of the molecule is COc1cc(OC)cc(C(=O)Oc2ccc(C(=O)c3ccccc3)cc2)c1. The highest BCUT2D eigenvalue weighted by molar-refractivity contribution is 6.09. The maximum Gasteiger partial charge on any atom is 0.343 e. The van der Waals surface area contributed by atoms with Crippen molar-refractivity contribution < 1.29 is 23.8 Å². The smallest absolute Gasteiger partial charge is 0.343 e. The van der Waals surface area contributed by atoms with Crippen LogP contribution < -0.4 is 14.2 Å². The predicted octanol–water partition coefficient (Wildman–Crippen LogP) is 4.15. The highest BCUT2D eigenvalue weighted by Gasteiger charge is 2.13. The monoisotopic (exact) mass is 362 g/mol. The fraction of sp³-hybridized carbons (Fsp3) is 0.0909. The molecule has 0 amide bonds. The summed E-state index contributed by atoms with van der Waals surface area (Å²) < 4.78 is 15.7. The molecule has 136 valence electrons. The topological polar surface area (TPSA) is 61.8 Å². The van der Waals surface area contributed by atoms with Crippen molar-refractivity contribution in [3.8, 4) is 17.2 Å². The minimum absolute atomic E-state index is 0.0917. The maximum absolute atomic E-state index is 12.4. The number of hydrogen-bond acceptors (Lipinski definition) is 5. The van der Waals surface area contributed by atoms with E-state index < -0.39 is 5.97 Å². The number of ketones is 1. The van der Waals surface area contributed by atoms with E-state index >= 15 is 0 Å². The molecule has 3 rings (SSSR count). The molecule has 5 nitrogen and oxygen atoms in total. The molecule has 0 bridgehead atoms. The Labute approximate surface area is 157 Å². The molecule has 0 aliphatic rings. The Kier molecular flexibility index (Phi) is 5.52. The summed E-state index contributed by atoms with van der Waals surface area (Å²) in [4.78, 5) is 24.8. The summed E-state index contributed by atoms with van der Waals surface area (Å²) in [6.07, 6.45) is 0. The Morgan fingerprint density at radius 3 is 1.74 bits per heavy atom. The van der Waals surface area contributed by atoms with Gasteiger partial charge < -0.3 is 14.2 Å². The van der Waals surface area contributed by atoms with Crippen molar-refractivity contribution in [2.75, 3.05) is 14.2 Å². The second-order valence-corrected chi connectivity index (χ2v) is 5.71. The molecule has 0 aromatic heterocycles. The first-order chi connectivity index (χ1) is 13.1. The highest BCUT2D eigenvalue weighted by atomic mass is 16.5.